The number of para-hydroxylation sites is 1. The monoisotopic (exact) mass is 672 g/mol. The first-order valence-electron chi connectivity index (χ1n) is 17.6. The number of anilines is 1. The Hall–Kier alpha value is -4.26. The minimum Gasteiger partial charge on any atom is -0.422 e. The van der Waals surface area contributed by atoms with Crippen LogP contribution in [0.5, 0.6) is 0 Å². The van der Waals surface area contributed by atoms with Gasteiger partial charge in [-0.1, -0.05) is 24.6 Å². The van der Waals surface area contributed by atoms with E-state index in [0.717, 1.165) is 42.5 Å². The Morgan fingerprint density at radius 1 is 0.959 bits per heavy atom. The summed E-state index contributed by atoms with van der Waals surface area (Å²) >= 11 is 0. The van der Waals surface area contributed by atoms with Crippen molar-refractivity contribution in [2.75, 3.05) is 58.0 Å². The standard InChI is InChI=1S/C37H48N6O6/c1-4-42(5-2)29-14-13-25-21-31(37(46)49-33(25)24-29)35(44)38-15-17-47-19-20-48-18-16-43-32-12-7-6-11-30(32)34(40-43)36(45)39-26-22-27-9-8-10-28(23-26)41(27)3/h6-7,11-14,21,24,26-28H,4-5,8-10,15-20,22-23H2,1-3H3,(H,38,44)(H,39,45)/t27-,28-/m0/s1. The van der Waals surface area contributed by atoms with Crippen molar-refractivity contribution in [1.29, 1.82) is 0 Å². The number of nitrogens with zero attached hydrogens (tertiary/aromatic N) is 4. The average Bonchev–Trinajstić information content (AvgIpc) is 3.47. The van der Waals surface area contributed by atoms with E-state index in [1.807, 2.05) is 47.1 Å². The minimum absolute atomic E-state index is 0.0395. The van der Waals surface area contributed by atoms with Crippen LogP contribution >= 0.6 is 0 Å². The molecule has 4 aromatic rings. The third-order valence-corrected chi connectivity index (χ3v) is 9.99. The van der Waals surface area contributed by atoms with Gasteiger partial charge in [-0.3, -0.25) is 14.3 Å². The molecular weight excluding hydrogens is 624 g/mol. The molecular formula is C37H48N6O6. The molecule has 0 saturated carbocycles. The van der Waals surface area contributed by atoms with Gasteiger partial charge in [-0.05, 0) is 70.8 Å². The van der Waals surface area contributed by atoms with Crippen molar-refractivity contribution in [3.05, 3.63) is 70.2 Å². The van der Waals surface area contributed by atoms with Crippen molar-refractivity contribution in [2.24, 2.45) is 0 Å². The molecule has 2 aliphatic heterocycles. The molecule has 6 rings (SSSR count). The van der Waals surface area contributed by atoms with Crippen molar-refractivity contribution in [3.63, 3.8) is 0 Å². The molecule has 0 unspecified atom stereocenters. The summed E-state index contributed by atoms with van der Waals surface area (Å²) in [4.78, 5) is 43.3. The summed E-state index contributed by atoms with van der Waals surface area (Å²) in [6, 6.07) is 16.3. The molecule has 0 spiro atoms. The smallest absolute Gasteiger partial charge is 0.349 e. The second-order valence-electron chi connectivity index (χ2n) is 13.0. The fraction of sp³-hybridized carbons (Fsp3) is 0.514. The molecule has 12 nitrogen and oxygen atoms in total. The summed E-state index contributed by atoms with van der Waals surface area (Å²) in [7, 11) is 2.22. The molecule has 2 fully saturated rings. The van der Waals surface area contributed by atoms with Gasteiger partial charge in [-0.2, -0.15) is 5.10 Å². The topological polar surface area (TPSA) is 131 Å². The molecule has 2 amide bonds. The lowest BCUT2D eigenvalue weighted by atomic mass is 9.82. The van der Waals surface area contributed by atoms with Crippen LogP contribution in [0.4, 0.5) is 5.69 Å². The van der Waals surface area contributed by atoms with Crippen LogP contribution in [0.1, 0.15) is 66.8 Å². The van der Waals surface area contributed by atoms with Crippen molar-refractivity contribution >= 4 is 39.4 Å². The van der Waals surface area contributed by atoms with Crippen LogP contribution in [-0.2, 0) is 16.0 Å². The van der Waals surface area contributed by atoms with E-state index >= 15 is 0 Å². The largest absolute Gasteiger partial charge is 0.422 e. The van der Waals surface area contributed by atoms with Crippen molar-refractivity contribution < 1.29 is 23.5 Å². The number of rotatable bonds is 15. The molecule has 0 aliphatic carbocycles. The predicted octanol–water partition coefficient (Wildman–Crippen LogP) is 4.20. The van der Waals surface area contributed by atoms with E-state index in [-0.39, 0.29) is 30.7 Å². The first-order valence-corrected chi connectivity index (χ1v) is 17.6. The van der Waals surface area contributed by atoms with E-state index < -0.39 is 11.5 Å². The first kappa shape index (κ1) is 34.6. The third-order valence-electron chi connectivity index (χ3n) is 9.99. The van der Waals surface area contributed by atoms with Gasteiger partial charge in [0.2, 0.25) is 0 Å². The van der Waals surface area contributed by atoms with E-state index in [1.165, 1.54) is 19.3 Å². The summed E-state index contributed by atoms with van der Waals surface area (Å²) in [5, 5.41) is 12.2. The zero-order chi connectivity index (χ0) is 34.3. The van der Waals surface area contributed by atoms with Crippen molar-refractivity contribution in [3.8, 4) is 0 Å². The number of benzene rings is 2. The molecule has 2 saturated heterocycles. The number of aromatic nitrogens is 2. The number of carbonyl (C=O) groups is 2. The highest BCUT2D eigenvalue weighted by Crippen LogP contribution is 2.33. The van der Waals surface area contributed by atoms with Crippen LogP contribution in [0, 0.1) is 0 Å². The third kappa shape index (κ3) is 7.98. The lowest BCUT2D eigenvalue weighted by Crippen LogP contribution is -2.55. The number of fused-ring (bicyclic) bond motifs is 4. The molecule has 0 radical (unpaired) electrons. The first-order chi connectivity index (χ1) is 23.9. The summed E-state index contributed by atoms with van der Waals surface area (Å²) in [6.45, 7) is 7.91. The van der Waals surface area contributed by atoms with E-state index in [9.17, 15) is 14.4 Å². The maximum atomic E-state index is 13.4. The van der Waals surface area contributed by atoms with Crippen LogP contribution in [0.2, 0.25) is 0 Å². The second kappa shape index (κ2) is 16.0. The molecule has 262 valence electrons. The molecule has 49 heavy (non-hydrogen) atoms. The Bertz CT molecular complexity index is 1800. The molecule has 2 aromatic carbocycles. The Morgan fingerprint density at radius 2 is 1.69 bits per heavy atom. The molecule has 2 N–H and O–H groups in total. The maximum absolute atomic E-state index is 13.4. The number of carbonyl (C=O) groups excluding carboxylic acids is 2. The molecule has 2 bridgehead atoms. The highest BCUT2D eigenvalue weighted by molar-refractivity contribution is 6.05. The summed E-state index contributed by atoms with van der Waals surface area (Å²) < 4.78 is 18.7. The predicted molar refractivity (Wildman–Crippen MR) is 189 cm³/mol. The van der Waals surface area contributed by atoms with Gasteiger partial charge in [0, 0.05) is 60.3 Å². The number of hydrogen-bond acceptors (Lipinski definition) is 9. The van der Waals surface area contributed by atoms with Gasteiger partial charge >= 0.3 is 5.63 Å². The van der Waals surface area contributed by atoms with Gasteiger partial charge in [-0.15, -0.1) is 0 Å². The van der Waals surface area contributed by atoms with Crippen molar-refractivity contribution in [1.82, 2.24) is 25.3 Å². The van der Waals surface area contributed by atoms with Gasteiger partial charge in [0.1, 0.15) is 11.1 Å². The average molecular weight is 673 g/mol. The number of hydrogen-bond donors (Lipinski definition) is 2. The number of nitrogens with one attached hydrogen (secondary N) is 2. The van der Waals surface area contributed by atoms with E-state index in [2.05, 4.69) is 41.3 Å². The van der Waals surface area contributed by atoms with Crippen molar-refractivity contribution in [2.45, 2.75) is 70.6 Å². The minimum atomic E-state index is -0.673. The van der Waals surface area contributed by atoms with E-state index in [4.69, 9.17) is 19.0 Å². The van der Waals surface area contributed by atoms with Gasteiger partial charge in [0.25, 0.3) is 11.8 Å². The lowest BCUT2D eigenvalue weighted by Gasteiger charge is -2.47. The Labute approximate surface area is 286 Å². The SMILES string of the molecule is CCN(CC)c1ccc2cc(C(=O)NCCOCCOCCn3nc(C(=O)NC4C[C@@H]5CCC[C@@H](C4)N5C)c4ccccc43)c(=O)oc2c1. The van der Waals surface area contributed by atoms with Crippen LogP contribution in [-0.4, -0.2) is 97.7 Å². The quantitative estimate of drug-likeness (QED) is 0.141. The van der Waals surface area contributed by atoms with Gasteiger partial charge in [0.15, 0.2) is 5.69 Å². The fourth-order valence-corrected chi connectivity index (χ4v) is 7.30. The highest BCUT2D eigenvalue weighted by Gasteiger charge is 2.37. The number of piperidine rings is 2. The van der Waals surface area contributed by atoms with Gasteiger partial charge in [-0.25, -0.2) is 4.79 Å². The van der Waals surface area contributed by atoms with Gasteiger partial charge in [0.05, 0.1) is 38.5 Å². The highest BCUT2D eigenvalue weighted by atomic mass is 16.5. The van der Waals surface area contributed by atoms with E-state index in [0.29, 0.717) is 55.1 Å². The zero-order valence-electron chi connectivity index (χ0n) is 28.8. The zero-order valence-corrected chi connectivity index (χ0v) is 28.8. The summed E-state index contributed by atoms with van der Waals surface area (Å²) in [5.41, 5.74) is 2.05. The Balaban J connectivity index is 0.917. The van der Waals surface area contributed by atoms with E-state index in [1.54, 1.807) is 6.07 Å². The normalized spacial score (nSPS) is 19.3. The molecule has 4 heterocycles. The molecule has 2 atom stereocenters. The maximum Gasteiger partial charge on any atom is 0.349 e. The lowest BCUT2D eigenvalue weighted by molar-refractivity contribution is 0.0445. The summed E-state index contributed by atoms with van der Waals surface area (Å²) in [5.74, 6) is -0.619. The van der Waals surface area contributed by atoms with Gasteiger partial charge < -0.3 is 34.3 Å². The summed E-state index contributed by atoms with van der Waals surface area (Å²) in [6.07, 6.45) is 5.64. The molecule has 12 heteroatoms. The van der Waals surface area contributed by atoms with Crippen LogP contribution in [0.3, 0.4) is 0 Å². The molecule has 2 aromatic heterocycles. The Morgan fingerprint density at radius 3 is 2.45 bits per heavy atom. The second-order valence-corrected chi connectivity index (χ2v) is 13.0. The number of ether oxygens (including phenoxy) is 2. The van der Waals surface area contributed by atoms with Crippen LogP contribution in [0.25, 0.3) is 21.9 Å². The molecule has 2 aliphatic rings. The fourth-order valence-electron chi connectivity index (χ4n) is 7.30. The Kier molecular flexibility index (Phi) is 11.3. The van der Waals surface area contributed by atoms with Crippen LogP contribution in [0.15, 0.2) is 57.7 Å². The van der Waals surface area contributed by atoms with Crippen LogP contribution < -0.4 is 21.2 Å². The number of amides is 2.